The number of hydrogen-bond acceptors (Lipinski definition) is 6. The van der Waals surface area contributed by atoms with E-state index in [1.165, 1.54) is 177 Å². The van der Waals surface area contributed by atoms with Crippen LogP contribution in [0.1, 0.15) is 291 Å². The lowest BCUT2D eigenvalue weighted by atomic mass is 9.83. The van der Waals surface area contributed by atoms with Crippen LogP contribution in [0.3, 0.4) is 0 Å². The van der Waals surface area contributed by atoms with E-state index in [1.54, 1.807) is 0 Å². The van der Waals surface area contributed by atoms with E-state index in [0.29, 0.717) is 26.4 Å². The third-order valence-electron chi connectivity index (χ3n) is 22.3. The Morgan fingerprint density at radius 1 is 0.255 bits per heavy atom. The average molecular weight is 1470 g/mol. The molecule has 578 valence electrons. The van der Waals surface area contributed by atoms with Gasteiger partial charge < -0.3 is 28.7 Å². The number of hydrogen-bond donors (Lipinski definition) is 0. The Morgan fingerprint density at radius 3 is 0.809 bits per heavy atom. The van der Waals surface area contributed by atoms with E-state index in [0.717, 1.165) is 191 Å². The highest BCUT2D eigenvalue weighted by Crippen LogP contribution is 2.53. The standard InChI is InChI=1S/C104H128N2O4/c1-5-9-13-17-23-31-73-105(74-32-24-18-14-10-6-2)91-67-61-87(62-68-91)55-53-83-45-49-85(50-46-83)57-59-89-65-71-93-95(81-89)101-94-72-66-90(60-58-86-51-47-84(48-52-86)54-56-88-63-69-92(70-64-88)106(75-33-25-19-15-11-7-3)76-34-26-20-16-12-8-4)82-96(94)102(93)104-99-43-40-44-100(104)110-80-38-30-22-28-36-78-108-98-42-39-41-97(103(98)101)107-77-35-27-21-29-37-79-109-99/h39-56,61-72,81-82H,5-38,73-80H2,1-4H3/b55-53+,56-54+. The highest BCUT2D eigenvalue weighted by Gasteiger charge is 2.27. The van der Waals surface area contributed by atoms with Crippen molar-refractivity contribution < 1.29 is 18.9 Å². The predicted octanol–water partition coefficient (Wildman–Crippen LogP) is 29.0. The molecule has 2 heterocycles. The van der Waals surface area contributed by atoms with E-state index < -0.39 is 0 Å². The third kappa shape index (κ3) is 25.5. The molecule has 0 radical (unpaired) electrons. The summed E-state index contributed by atoms with van der Waals surface area (Å²) in [4.78, 5) is 5.29. The van der Waals surface area contributed by atoms with E-state index in [1.807, 2.05) is 0 Å². The van der Waals surface area contributed by atoms with Crippen molar-refractivity contribution in [3.63, 3.8) is 0 Å². The van der Waals surface area contributed by atoms with Crippen molar-refractivity contribution in [2.24, 2.45) is 0 Å². The SMILES string of the molecule is CCCCCCCCN(CCCCCCCC)c1ccc(/C=C/c2ccc(C#Cc3ccc4c5c6cc(C#Cc7ccc(/C=C/c8ccc(N(CCCCCCCC)CCCCCCCC)cc8)cc7)ccc6c(c4c3)-c3c4cccc3OCCCCCCCOc3cccc(c3-5)OCCCCCCCO4)cc2)cc1. The fourth-order valence-electron chi connectivity index (χ4n) is 15.8. The van der Waals surface area contributed by atoms with Gasteiger partial charge in [0.2, 0.25) is 0 Å². The van der Waals surface area contributed by atoms with Crippen LogP contribution >= 0.6 is 0 Å². The summed E-state index contributed by atoms with van der Waals surface area (Å²) in [6.07, 6.45) is 50.9. The zero-order valence-corrected chi connectivity index (χ0v) is 67.7. The molecule has 2 aliphatic rings. The van der Waals surface area contributed by atoms with Gasteiger partial charge in [-0.2, -0.15) is 0 Å². The van der Waals surface area contributed by atoms with Gasteiger partial charge in [0.25, 0.3) is 0 Å². The molecule has 0 saturated heterocycles. The Labute approximate surface area is 663 Å². The maximum Gasteiger partial charge on any atom is 0.130 e. The molecule has 0 atom stereocenters. The van der Waals surface area contributed by atoms with E-state index in [4.69, 9.17) is 18.9 Å². The van der Waals surface area contributed by atoms with Crippen LogP contribution in [-0.2, 0) is 0 Å². The molecular formula is C104H128N2O4. The summed E-state index contributed by atoms with van der Waals surface area (Å²) in [5.41, 5.74) is 15.1. The van der Waals surface area contributed by atoms with Crippen LogP contribution in [0.5, 0.6) is 23.0 Å². The summed E-state index contributed by atoms with van der Waals surface area (Å²) in [5, 5.41) is 4.19. The summed E-state index contributed by atoms with van der Waals surface area (Å²) in [7, 11) is 0. The van der Waals surface area contributed by atoms with Crippen LogP contribution < -0.4 is 28.7 Å². The molecular weight excluding hydrogens is 1340 g/mol. The van der Waals surface area contributed by atoms with Gasteiger partial charge in [-0.1, -0.05) is 315 Å². The zero-order chi connectivity index (χ0) is 75.8. The van der Waals surface area contributed by atoms with Crippen LogP contribution in [0.2, 0.25) is 0 Å². The topological polar surface area (TPSA) is 43.4 Å². The van der Waals surface area contributed by atoms with E-state index in [9.17, 15) is 0 Å². The normalized spacial score (nSPS) is 13.5. The Hall–Kier alpha value is -9.10. The molecule has 0 fully saturated rings. The molecule has 0 aliphatic carbocycles. The van der Waals surface area contributed by atoms with Crippen molar-refractivity contribution >= 4 is 57.2 Å². The molecule has 4 bridgehead atoms. The van der Waals surface area contributed by atoms with Gasteiger partial charge in [-0.3, -0.25) is 0 Å². The molecule has 6 nitrogen and oxygen atoms in total. The number of unbranched alkanes of at least 4 members (excludes halogenated alkanes) is 20. The van der Waals surface area contributed by atoms with Gasteiger partial charge in [0.15, 0.2) is 0 Å². The van der Waals surface area contributed by atoms with Gasteiger partial charge in [-0.25, -0.2) is 0 Å². The molecule has 0 N–H and O–H groups in total. The fraction of sp³-hybridized carbons (Fsp3) is 0.442. The summed E-state index contributed by atoms with van der Waals surface area (Å²) in [6.45, 7) is 16.2. The lowest BCUT2D eigenvalue weighted by molar-refractivity contribution is 0.282. The number of rotatable bonds is 34. The summed E-state index contributed by atoms with van der Waals surface area (Å²) in [5.74, 6) is 17.8. The first-order valence-corrected chi connectivity index (χ1v) is 43.6. The maximum absolute atomic E-state index is 7.02. The largest absolute Gasteiger partial charge is 0.493 e. The molecule has 11 rings (SSSR count). The highest BCUT2D eigenvalue weighted by atomic mass is 16.5. The molecule has 9 aromatic carbocycles. The van der Waals surface area contributed by atoms with Gasteiger partial charge in [-0.15, -0.1) is 0 Å². The van der Waals surface area contributed by atoms with Crippen molar-refractivity contribution in [1.29, 1.82) is 0 Å². The second-order valence-corrected chi connectivity index (χ2v) is 31.1. The van der Waals surface area contributed by atoms with Crippen molar-refractivity contribution in [2.45, 2.75) is 246 Å². The molecule has 2 aliphatic heterocycles. The van der Waals surface area contributed by atoms with Gasteiger partial charge in [0.05, 0.1) is 37.6 Å². The van der Waals surface area contributed by atoms with E-state index >= 15 is 0 Å². The molecule has 110 heavy (non-hydrogen) atoms. The molecule has 9 aromatic rings. The fourth-order valence-corrected chi connectivity index (χ4v) is 15.8. The Balaban J connectivity index is 0.915. The average Bonchev–Trinajstić information content (AvgIpc) is 0.734. The van der Waals surface area contributed by atoms with Crippen LogP contribution in [0.4, 0.5) is 11.4 Å². The third-order valence-corrected chi connectivity index (χ3v) is 22.3. The zero-order valence-electron chi connectivity index (χ0n) is 67.7. The van der Waals surface area contributed by atoms with Crippen molar-refractivity contribution in [2.75, 3.05) is 62.4 Å². The van der Waals surface area contributed by atoms with Crippen LogP contribution in [0.15, 0.2) is 170 Å². The first-order valence-electron chi connectivity index (χ1n) is 43.6. The van der Waals surface area contributed by atoms with Crippen molar-refractivity contribution in [3.05, 3.63) is 214 Å². The number of nitrogens with zero attached hydrogens (tertiary/aromatic N) is 2. The monoisotopic (exact) mass is 1470 g/mol. The molecule has 0 aromatic heterocycles. The molecule has 0 saturated carbocycles. The van der Waals surface area contributed by atoms with Gasteiger partial charge >= 0.3 is 0 Å². The Bertz CT molecular complexity index is 4030. The highest BCUT2D eigenvalue weighted by molar-refractivity contribution is 6.23. The quantitative estimate of drug-likeness (QED) is 0.0173. The van der Waals surface area contributed by atoms with Crippen molar-refractivity contribution in [3.8, 4) is 68.9 Å². The van der Waals surface area contributed by atoms with Gasteiger partial charge in [0, 0.05) is 70.9 Å². The summed E-state index contributed by atoms with van der Waals surface area (Å²) < 4.78 is 28.1. The predicted molar refractivity (Wildman–Crippen MR) is 474 cm³/mol. The van der Waals surface area contributed by atoms with Crippen LogP contribution in [0, 0.1) is 23.7 Å². The molecule has 0 spiro atoms. The van der Waals surface area contributed by atoms with E-state index in [-0.39, 0.29) is 0 Å². The summed E-state index contributed by atoms with van der Waals surface area (Å²) >= 11 is 0. The second kappa shape index (κ2) is 46.5. The minimum Gasteiger partial charge on any atom is -0.493 e. The Morgan fingerprint density at radius 2 is 0.509 bits per heavy atom. The first-order chi connectivity index (χ1) is 54.5. The Kier molecular flexibility index (Phi) is 34.6. The minimum atomic E-state index is 0.603. The van der Waals surface area contributed by atoms with Crippen LogP contribution in [-0.4, -0.2) is 52.6 Å². The second-order valence-electron chi connectivity index (χ2n) is 31.1. The smallest absolute Gasteiger partial charge is 0.130 e. The lowest BCUT2D eigenvalue weighted by Crippen LogP contribution is -2.25. The number of anilines is 2. The number of ether oxygens (including phenoxy) is 4. The van der Waals surface area contributed by atoms with Gasteiger partial charge in [0.1, 0.15) is 23.0 Å². The van der Waals surface area contributed by atoms with Gasteiger partial charge in [-0.05, 0) is 192 Å². The number of benzene rings is 9. The summed E-state index contributed by atoms with van der Waals surface area (Å²) in [6, 6.07) is 62.1. The van der Waals surface area contributed by atoms with Crippen LogP contribution in [0.25, 0.3) is 68.1 Å². The first kappa shape index (κ1) is 81.9. The molecule has 0 unspecified atom stereocenters. The lowest BCUT2D eigenvalue weighted by Gasteiger charge is -2.25. The molecule has 0 amide bonds. The minimum absolute atomic E-state index is 0.603. The van der Waals surface area contributed by atoms with E-state index in [2.05, 4.69) is 255 Å². The molecule has 6 heteroatoms. The maximum atomic E-state index is 7.02. The van der Waals surface area contributed by atoms with Crippen molar-refractivity contribution in [1.82, 2.24) is 0 Å².